The normalized spacial score (nSPS) is 17.1. The lowest BCUT2D eigenvalue weighted by Crippen LogP contribution is -2.44. The van der Waals surface area contributed by atoms with Crippen molar-refractivity contribution in [2.45, 2.75) is 50.4 Å². The highest BCUT2D eigenvalue weighted by Crippen LogP contribution is 2.23. The number of halogens is 1. The van der Waals surface area contributed by atoms with Gasteiger partial charge in [-0.15, -0.1) is 10.2 Å². The van der Waals surface area contributed by atoms with Gasteiger partial charge in [0.25, 0.3) is 0 Å². The summed E-state index contributed by atoms with van der Waals surface area (Å²) in [5, 5.41) is 9.78. The highest BCUT2D eigenvalue weighted by atomic mass is 35.5. The van der Waals surface area contributed by atoms with Crippen LogP contribution < -0.4 is 4.74 Å². The molecule has 3 rings (SSSR count). The Hall–Kier alpha value is -1.73. The number of piperidine rings is 1. The quantitative estimate of drug-likeness (QED) is 0.649. The SMILES string of the molecule is CC[C@H]1CCCCN1C(=O)CSc1nnc(COc2ccc(Cl)cc2)n1C. The minimum atomic E-state index is 0.188. The van der Waals surface area contributed by atoms with E-state index in [1.807, 2.05) is 28.6 Å². The molecule has 0 bridgehead atoms. The van der Waals surface area contributed by atoms with E-state index in [1.54, 1.807) is 12.1 Å². The van der Waals surface area contributed by atoms with Crippen LogP contribution in [0, 0.1) is 0 Å². The first-order valence-electron chi connectivity index (χ1n) is 9.27. The number of carbonyl (C=O) groups excluding carboxylic acids is 1. The fraction of sp³-hybridized carbons (Fsp3) is 0.526. The fourth-order valence-corrected chi connectivity index (χ4v) is 4.18. The van der Waals surface area contributed by atoms with Gasteiger partial charge in [-0.2, -0.15) is 0 Å². The van der Waals surface area contributed by atoms with Crippen LogP contribution in [0.4, 0.5) is 0 Å². The van der Waals surface area contributed by atoms with E-state index in [9.17, 15) is 4.79 Å². The van der Waals surface area contributed by atoms with Crippen molar-refractivity contribution in [1.82, 2.24) is 19.7 Å². The van der Waals surface area contributed by atoms with Crippen LogP contribution in [-0.4, -0.2) is 43.9 Å². The Labute approximate surface area is 169 Å². The number of benzene rings is 1. The number of hydrogen-bond acceptors (Lipinski definition) is 5. The number of hydrogen-bond donors (Lipinski definition) is 0. The average Bonchev–Trinajstić information content (AvgIpc) is 3.05. The monoisotopic (exact) mass is 408 g/mol. The molecule has 1 aliphatic rings. The van der Waals surface area contributed by atoms with Gasteiger partial charge in [0.2, 0.25) is 5.91 Å². The highest BCUT2D eigenvalue weighted by Gasteiger charge is 2.25. The summed E-state index contributed by atoms with van der Waals surface area (Å²) in [6.07, 6.45) is 4.45. The largest absolute Gasteiger partial charge is 0.486 e. The highest BCUT2D eigenvalue weighted by molar-refractivity contribution is 7.99. The van der Waals surface area contributed by atoms with Crippen molar-refractivity contribution in [1.29, 1.82) is 0 Å². The summed E-state index contributed by atoms with van der Waals surface area (Å²) in [6, 6.07) is 7.58. The van der Waals surface area contributed by atoms with E-state index >= 15 is 0 Å². The molecule has 1 aliphatic heterocycles. The Bertz CT molecular complexity index is 766. The average molecular weight is 409 g/mol. The predicted molar refractivity (Wildman–Crippen MR) is 107 cm³/mol. The zero-order valence-electron chi connectivity index (χ0n) is 15.7. The van der Waals surface area contributed by atoms with Gasteiger partial charge < -0.3 is 14.2 Å². The number of carbonyl (C=O) groups is 1. The summed E-state index contributed by atoms with van der Waals surface area (Å²) in [4.78, 5) is 14.6. The first-order valence-corrected chi connectivity index (χ1v) is 10.6. The van der Waals surface area contributed by atoms with Crippen LogP contribution in [-0.2, 0) is 18.4 Å². The second-order valence-electron chi connectivity index (χ2n) is 6.63. The maximum absolute atomic E-state index is 12.6. The molecule has 0 N–H and O–H groups in total. The molecule has 2 heterocycles. The summed E-state index contributed by atoms with van der Waals surface area (Å²) in [5.41, 5.74) is 0. The molecule has 2 aromatic rings. The smallest absolute Gasteiger partial charge is 0.233 e. The van der Waals surface area contributed by atoms with E-state index in [0.717, 1.165) is 36.7 Å². The van der Waals surface area contributed by atoms with Crippen LogP contribution in [0.3, 0.4) is 0 Å². The first kappa shape index (κ1) is 20.0. The number of likely N-dealkylation sites (tertiary alicyclic amines) is 1. The molecule has 1 saturated heterocycles. The minimum absolute atomic E-state index is 0.188. The number of ether oxygens (including phenoxy) is 1. The Balaban J connectivity index is 1.53. The molecular formula is C19H25ClN4O2S. The van der Waals surface area contributed by atoms with Crippen LogP contribution in [0.15, 0.2) is 29.4 Å². The summed E-state index contributed by atoms with van der Waals surface area (Å²) < 4.78 is 7.60. The van der Waals surface area contributed by atoms with E-state index in [2.05, 4.69) is 17.1 Å². The summed E-state index contributed by atoms with van der Waals surface area (Å²) in [6.45, 7) is 3.33. The molecule has 0 radical (unpaired) electrons. The van der Waals surface area contributed by atoms with Crippen molar-refractivity contribution in [3.8, 4) is 5.75 Å². The molecule has 1 aromatic heterocycles. The Morgan fingerprint density at radius 1 is 1.30 bits per heavy atom. The van der Waals surface area contributed by atoms with Gasteiger partial charge >= 0.3 is 0 Å². The van der Waals surface area contributed by atoms with E-state index in [4.69, 9.17) is 16.3 Å². The molecule has 1 atom stereocenters. The third kappa shape index (κ3) is 5.17. The van der Waals surface area contributed by atoms with E-state index < -0.39 is 0 Å². The van der Waals surface area contributed by atoms with Crippen molar-refractivity contribution < 1.29 is 9.53 Å². The van der Waals surface area contributed by atoms with Gasteiger partial charge in [-0.1, -0.05) is 30.3 Å². The molecule has 1 amide bonds. The van der Waals surface area contributed by atoms with Gasteiger partial charge in [-0.3, -0.25) is 4.79 Å². The molecule has 0 unspecified atom stereocenters. The topological polar surface area (TPSA) is 60.3 Å². The molecule has 1 aromatic carbocycles. The maximum atomic E-state index is 12.6. The maximum Gasteiger partial charge on any atom is 0.233 e. The van der Waals surface area contributed by atoms with E-state index in [1.165, 1.54) is 18.2 Å². The molecule has 146 valence electrons. The molecule has 8 heteroatoms. The van der Waals surface area contributed by atoms with Gasteiger partial charge in [-0.05, 0) is 49.9 Å². The zero-order chi connectivity index (χ0) is 19.2. The van der Waals surface area contributed by atoms with E-state index in [-0.39, 0.29) is 5.91 Å². The molecule has 1 fully saturated rings. The van der Waals surface area contributed by atoms with Crippen molar-refractivity contribution in [2.75, 3.05) is 12.3 Å². The van der Waals surface area contributed by atoms with E-state index in [0.29, 0.717) is 29.2 Å². The van der Waals surface area contributed by atoms with Gasteiger partial charge in [0.1, 0.15) is 12.4 Å². The third-order valence-corrected chi connectivity index (χ3v) is 6.11. The molecule has 0 spiro atoms. The van der Waals surface area contributed by atoms with Gasteiger partial charge in [0.15, 0.2) is 11.0 Å². The Kier molecular flexibility index (Phi) is 7.01. The number of amides is 1. The lowest BCUT2D eigenvalue weighted by molar-refractivity contribution is -0.132. The zero-order valence-corrected chi connectivity index (χ0v) is 17.3. The summed E-state index contributed by atoms with van der Waals surface area (Å²) >= 11 is 7.31. The number of aromatic nitrogens is 3. The van der Waals surface area contributed by atoms with Crippen LogP contribution in [0.5, 0.6) is 5.75 Å². The predicted octanol–water partition coefficient (Wildman–Crippen LogP) is 3.93. The number of rotatable bonds is 7. The number of thioether (sulfide) groups is 1. The molecule has 6 nitrogen and oxygen atoms in total. The Morgan fingerprint density at radius 2 is 2.07 bits per heavy atom. The first-order chi connectivity index (χ1) is 13.1. The Morgan fingerprint density at radius 3 is 2.81 bits per heavy atom. The second kappa shape index (κ2) is 9.46. The second-order valence-corrected chi connectivity index (χ2v) is 8.01. The van der Waals surface area contributed by atoms with Crippen LogP contribution in [0.1, 0.15) is 38.4 Å². The van der Waals surface area contributed by atoms with Crippen molar-refractivity contribution >= 4 is 29.3 Å². The number of nitrogens with zero attached hydrogens (tertiary/aromatic N) is 4. The molecule has 0 aliphatic carbocycles. The van der Waals surface area contributed by atoms with Gasteiger partial charge in [0, 0.05) is 24.7 Å². The lowest BCUT2D eigenvalue weighted by atomic mass is 10.0. The van der Waals surface area contributed by atoms with Crippen LogP contribution in [0.2, 0.25) is 5.02 Å². The third-order valence-electron chi connectivity index (χ3n) is 4.85. The lowest BCUT2D eigenvalue weighted by Gasteiger charge is -2.35. The van der Waals surface area contributed by atoms with Crippen molar-refractivity contribution in [2.24, 2.45) is 7.05 Å². The van der Waals surface area contributed by atoms with Crippen molar-refractivity contribution in [3.63, 3.8) is 0 Å². The summed E-state index contributed by atoms with van der Waals surface area (Å²) in [7, 11) is 1.89. The minimum Gasteiger partial charge on any atom is -0.486 e. The molecule has 27 heavy (non-hydrogen) atoms. The fourth-order valence-electron chi connectivity index (χ4n) is 3.24. The summed E-state index contributed by atoms with van der Waals surface area (Å²) in [5.74, 6) is 2.01. The van der Waals surface area contributed by atoms with Gasteiger partial charge in [-0.25, -0.2) is 0 Å². The van der Waals surface area contributed by atoms with Crippen LogP contribution in [0.25, 0.3) is 0 Å². The standard InChI is InChI=1S/C19H25ClN4O2S/c1-3-15-6-4-5-11-24(15)18(25)13-27-19-22-21-17(23(19)2)12-26-16-9-7-14(20)8-10-16/h7-10,15H,3-6,11-13H2,1-2H3/t15-/m0/s1. The van der Waals surface area contributed by atoms with Crippen molar-refractivity contribution in [3.05, 3.63) is 35.1 Å². The van der Waals surface area contributed by atoms with Crippen LogP contribution >= 0.6 is 23.4 Å². The van der Waals surface area contributed by atoms with Gasteiger partial charge in [0.05, 0.1) is 5.75 Å². The molecule has 0 saturated carbocycles. The molecular weight excluding hydrogens is 384 g/mol.